The van der Waals surface area contributed by atoms with Crippen molar-refractivity contribution >= 4 is 24.1 Å². The van der Waals surface area contributed by atoms with Crippen LogP contribution in [0.2, 0.25) is 0 Å². The number of ether oxygens (including phenoxy) is 1. The minimum atomic E-state index is -4.62. The van der Waals surface area contributed by atoms with Gasteiger partial charge in [-0.25, -0.2) is 19.3 Å². The summed E-state index contributed by atoms with van der Waals surface area (Å²) in [6.45, 7) is 1.98. The molecule has 2 aromatic heterocycles. The van der Waals surface area contributed by atoms with Gasteiger partial charge in [0.1, 0.15) is 19.1 Å². The second-order valence-electron chi connectivity index (χ2n) is 11.2. The zero-order valence-electron chi connectivity index (χ0n) is 25.8. The average Bonchev–Trinajstić information content (AvgIpc) is 3.40. The fourth-order valence-electron chi connectivity index (χ4n) is 5.60. The molecule has 0 radical (unpaired) electrons. The number of hydrogen-bond acceptors (Lipinski definition) is 9. The van der Waals surface area contributed by atoms with Crippen LogP contribution in [0.25, 0.3) is 0 Å². The third-order valence-electron chi connectivity index (χ3n) is 7.46. The monoisotopic (exact) mass is 649 g/mol. The van der Waals surface area contributed by atoms with Crippen molar-refractivity contribution in [1.29, 1.82) is 5.26 Å². The van der Waals surface area contributed by atoms with Gasteiger partial charge >= 0.3 is 17.8 Å². The molecular weight excluding hydrogens is 619 g/mol. The summed E-state index contributed by atoms with van der Waals surface area (Å²) in [6, 6.07) is 16.2. The molecule has 12 nitrogen and oxygen atoms in total. The Kier molecular flexibility index (Phi) is 9.96. The van der Waals surface area contributed by atoms with Crippen molar-refractivity contribution in [3.8, 4) is 6.07 Å². The van der Waals surface area contributed by atoms with E-state index >= 15 is 0 Å². The summed E-state index contributed by atoms with van der Waals surface area (Å²) >= 11 is 0. The van der Waals surface area contributed by atoms with Crippen LogP contribution in [-0.4, -0.2) is 57.9 Å². The van der Waals surface area contributed by atoms with Crippen LogP contribution in [0, 0.1) is 11.3 Å². The predicted octanol–water partition coefficient (Wildman–Crippen LogP) is 3.19. The van der Waals surface area contributed by atoms with Gasteiger partial charge in [-0.05, 0) is 55.0 Å². The summed E-state index contributed by atoms with van der Waals surface area (Å²) in [5.41, 5.74) is 1.15. The van der Waals surface area contributed by atoms with Gasteiger partial charge in [-0.3, -0.25) is 9.88 Å². The number of H-pyrrole nitrogens is 1. The average molecular weight is 650 g/mol. The first-order valence-corrected chi connectivity index (χ1v) is 14.0. The van der Waals surface area contributed by atoms with Crippen molar-refractivity contribution in [2.45, 2.75) is 32.2 Å². The van der Waals surface area contributed by atoms with Crippen molar-refractivity contribution < 1.29 is 37.1 Å². The highest BCUT2D eigenvalue weighted by Crippen LogP contribution is 2.44. The smallest absolute Gasteiger partial charge is 0.416 e. The highest BCUT2D eigenvalue weighted by molar-refractivity contribution is 5.93. The number of fused-ring (bicyclic) bond motifs is 1. The molecule has 0 aliphatic carbocycles. The second kappa shape index (κ2) is 13.7. The Morgan fingerprint density at radius 3 is 2.49 bits per heavy atom. The number of aromatic amines is 1. The molecule has 0 fully saturated rings. The van der Waals surface area contributed by atoms with E-state index in [2.05, 4.69) is 21.3 Å². The van der Waals surface area contributed by atoms with E-state index in [0.29, 0.717) is 34.3 Å². The number of carbonyl (C=O) groups is 2. The molecular formula is C32H30F3N7O5. The Bertz CT molecular complexity index is 1910. The van der Waals surface area contributed by atoms with Gasteiger partial charge < -0.3 is 19.1 Å². The van der Waals surface area contributed by atoms with Crippen molar-refractivity contribution in [2.75, 3.05) is 26.1 Å². The van der Waals surface area contributed by atoms with E-state index in [1.165, 1.54) is 28.7 Å². The van der Waals surface area contributed by atoms with Gasteiger partial charge in [0.05, 0.1) is 49.7 Å². The van der Waals surface area contributed by atoms with Crippen LogP contribution in [-0.2, 0) is 33.6 Å². The van der Waals surface area contributed by atoms with Gasteiger partial charge in [-0.15, -0.1) is 5.10 Å². The van der Waals surface area contributed by atoms with E-state index in [9.17, 15) is 28.0 Å². The minimum Gasteiger partial charge on any atom is -0.554 e. The second-order valence-corrected chi connectivity index (χ2v) is 11.2. The zero-order valence-corrected chi connectivity index (χ0v) is 25.8. The number of anilines is 2. The number of aromatic nitrogens is 4. The SMILES string of the molecule is COC(=O)C1=C(C)N(c2cccc(C(F)(F)F)c2)c2n[nH]c(=O)n2C1c1ccc(C#N)cc1C[N+](C)(C)Cc1ccccn1.O=C[O-]. The van der Waals surface area contributed by atoms with E-state index in [-0.39, 0.29) is 22.9 Å². The molecule has 0 bridgehead atoms. The normalized spacial score (nSPS) is 14.4. The highest BCUT2D eigenvalue weighted by atomic mass is 19.4. The number of hydrogen-bond donors (Lipinski definition) is 1. The number of methoxy groups -OCH3 is 1. The number of halogens is 3. The predicted molar refractivity (Wildman–Crippen MR) is 160 cm³/mol. The molecule has 15 heteroatoms. The zero-order chi connectivity index (χ0) is 34.5. The van der Waals surface area contributed by atoms with Gasteiger partial charge in [0.2, 0.25) is 5.95 Å². The Morgan fingerprint density at radius 1 is 1.15 bits per heavy atom. The number of carboxylic acid groups (broad SMARTS) is 1. The molecule has 1 atom stereocenters. The van der Waals surface area contributed by atoms with Crippen molar-refractivity contribution in [2.24, 2.45) is 0 Å². The summed E-state index contributed by atoms with van der Waals surface area (Å²) in [7, 11) is 5.17. The van der Waals surface area contributed by atoms with Gasteiger partial charge in [-0.1, -0.05) is 18.2 Å². The molecule has 0 spiro atoms. The van der Waals surface area contributed by atoms with Crippen molar-refractivity contribution in [1.82, 2.24) is 19.7 Å². The first-order valence-electron chi connectivity index (χ1n) is 14.0. The molecule has 1 aliphatic heterocycles. The number of nitrogens with zero attached hydrogens (tertiary/aromatic N) is 6. The van der Waals surface area contributed by atoms with Crippen LogP contribution >= 0.6 is 0 Å². The molecule has 1 unspecified atom stereocenters. The molecule has 47 heavy (non-hydrogen) atoms. The number of carbonyl (C=O) groups excluding carboxylic acids is 2. The molecule has 4 aromatic rings. The molecule has 0 amide bonds. The van der Waals surface area contributed by atoms with Gasteiger partial charge in [0.25, 0.3) is 0 Å². The maximum atomic E-state index is 13.6. The quantitative estimate of drug-likeness (QED) is 0.180. The van der Waals surface area contributed by atoms with E-state index in [1.54, 1.807) is 31.3 Å². The topological polar surface area (TPSA) is 157 Å². The first-order chi connectivity index (χ1) is 22.3. The number of quaternary nitrogens is 1. The molecule has 0 saturated carbocycles. The Balaban J connectivity index is 0.00000160. The van der Waals surface area contributed by atoms with Gasteiger partial charge in [0.15, 0.2) is 0 Å². The van der Waals surface area contributed by atoms with Crippen molar-refractivity contribution in [3.05, 3.63) is 117 Å². The van der Waals surface area contributed by atoms with Crippen LogP contribution in [0.1, 0.15) is 40.9 Å². The fraction of sp³-hybridized carbons (Fsp3) is 0.250. The summed E-state index contributed by atoms with van der Waals surface area (Å²) in [4.78, 5) is 40.8. The lowest BCUT2D eigenvalue weighted by atomic mass is 9.89. The Hall–Kier alpha value is -5.75. The summed E-state index contributed by atoms with van der Waals surface area (Å²) in [5, 5.41) is 24.5. The van der Waals surface area contributed by atoms with Gasteiger partial charge in [0, 0.05) is 29.6 Å². The van der Waals surface area contributed by atoms with Crippen LogP contribution in [0.4, 0.5) is 24.8 Å². The maximum absolute atomic E-state index is 13.6. The lowest BCUT2D eigenvalue weighted by molar-refractivity contribution is -0.917. The lowest BCUT2D eigenvalue weighted by Crippen LogP contribution is -2.40. The molecule has 1 N–H and O–H groups in total. The summed E-state index contributed by atoms with van der Waals surface area (Å²) < 4.78 is 47.7. The number of esters is 1. The standard InChI is InChI=1S/C31H28F3N7O3.CH2O2/c1-19-26(28(42)44-4)27(40-29(37-38-30(40)43)39(19)24-10-7-8-22(15-24)31(32,33)34)25-12-11-20(16-35)14-21(25)17-41(2,3)18-23-9-5-6-13-36-23;2-1-3/h5-15,27H,17-18H2,1-4H3;1H,(H,2,3). The van der Waals surface area contributed by atoms with E-state index < -0.39 is 35.9 Å². The number of pyridine rings is 1. The van der Waals surface area contributed by atoms with Crippen LogP contribution in [0.15, 0.2) is 82.9 Å². The number of rotatable bonds is 7. The van der Waals surface area contributed by atoms with Crippen LogP contribution in [0.5, 0.6) is 0 Å². The third kappa shape index (κ3) is 7.23. The Labute approximate surface area is 267 Å². The molecule has 5 rings (SSSR count). The van der Waals surface area contributed by atoms with Crippen LogP contribution < -0.4 is 15.7 Å². The molecule has 3 heterocycles. The molecule has 1 aliphatic rings. The highest BCUT2D eigenvalue weighted by Gasteiger charge is 2.41. The number of alkyl halides is 3. The van der Waals surface area contributed by atoms with E-state index in [0.717, 1.165) is 17.8 Å². The molecule has 0 saturated heterocycles. The maximum Gasteiger partial charge on any atom is 0.416 e. The molecule has 2 aromatic carbocycles. The summed E-state index contributed by atoms with van der Waals surface area (Å²) in [6.07, 6.45) is -2.92. The number of allylic oxidation sites excluding steroid dienone is 1. The molecule has 244 valence electrons. The number of nitriles is 1. The van der Waals surface area contributed by atoms with E-state index in [1.807, 2.05) is 32.3 Å². The number of benzene rings is 2. The minimum absolute atomic E-state index is 0.0120. The van der Waals surface area contributed by atoms with Crippen LogP contribution in [0.3, 0.4) is 0 Å². The fourth-order valence-corrected chi connectivity index (χ4v) is 5.60. The summed E-state index contributed by atoms with van der Waals surface area (Å²) in [5.74, 6) is -0.789. The van der Waals surface area contributed by atoms with Crippen molar-refractivity contribution in [3.63, 3.8) is 0 Å². The first kappa shape index (κ1) is 34.1. The van der Waals surface area contributed by atoms with Gasteiger partial charge in [-0.2, -0.15) is 18.4 Å². The van der Waals surface area contributed by atoms with E-state index in [4.69, 9.17) is 14.6 Å². The third-order valence-corrected chi connectivity index (χ3v) is 7.46. The Morgan fingerprint density at radius 2 is 1.87 bits per heavy atom. The number of nitrogens with one attached hydrogen (secondary N) is 1. The lowest BCUT2D eigenvalue weighted by Gasteiger charge is -2.37. The largest absolute Gasteiger partial charge is 0.554 e.